The van der Waals surface area contributed by atoms with Crippen LogP contribution in [0.15, 0.2) is 24.3 Å². The molecule has 0 radical (unpaired) electrons. The van der Waals surface area contributed by atoms with Crippen molar-refractivity contribution in [3.8, 4) is 0 Å². The number of carboxylic acid groups (broad SMARTS) is 1. The Morgan fingerprint density at radius 3 is 2.29 bits per heavy atom. The standard InChI is InChI=1S/C18H27NO5/c1-18(2,3)14-7-5-13(6-8-14)15(11-17(21)22)19-16(20)12-24-10-9-23-4/h5-8,15H,9-12H2,1-4H3,(H,19,20)(H,21,22). The highest BCUT2D eigenvalue weighted by molar-refractivity contribution is 5.78. The van der Waals surface area contributed by atoms with E-state index in [0.29, 0.717) is 13.2 Å². The molecule has 6 nitrogen and oxygen atoms in total. The van der Waals surface area contributed by atoms with Crippen molar-refractivity contribution >= 4 is 11.9 Å². The lowest BCUT2D eigenvalue weighted by Crippen LogP contribution is -2.33. The van der Waals surface area contributed by atoms with Crippen LogP contribution in [0.1, 0.15) is 44.4 Å². The molecule has 1 aromatic rings. The van der Waals surface area contributed by atoms with Gasteiger partial charge in [0.1, 0.15) is 6.61 Å². The SMILES string of the molecule is COCCOCC(=O)NC(CC(=O)O)c1ccc(C(C)(C)C)cc1. The van der Waals surface area contributed by atoms with E-state index in [1.165, 1.54) is 0 Å². The summed E-state index contributed by atoms with van der Waals surface area (Å²) in [5.74, 6) is -1.32. The predicted octanol–water partition coefficient (Wildman–Crippen LogP) is 2.28. The quantitative estimate of drug-likeness (QED) is 0.675. The Hall–Kier alpha value is -1.92. The Labute approximate surface area is 143 Å². The van der Waals surface area contributed by atoms with Gasteiger partial charge < -0.3 is 19.9 Å². The first-order chi connectivity index (χ1) is 11.2. The maximum absolute atomic E-state index is 11.9. The molecular weight excluding hydrogens is 310 g/mol. The van der Waals surface area contributed by atoms with Gasteiger partial charge in [0.15, 0.2) is 0 Å². The van der Waals surface area contributed by atoms with Crippen molar-refractivity contribution < 1.29 is 24.2 Å². The van der Waals surface area contributed by atoms with Gasteiger partial charge in [-0.2, -0.15) is 0 Å². The minimum absolute atomic E-state index is 0.0132. The molecule has 0 saturated heterocycles. The second-order valence-corrected chi connectivity index (χ2v) is 6.64. The molecule has 6 heteroatoms. The Balaban J connectivity index is 2.74. The molecule has 0 spiro atoms. The number of aliphatic carboxylic acids is 1. The van der Waals surface area contributed by atoms with Crippen molar-refractivity contribution in [2.45, 2.75) is 38.6 Å². The highest BCUT2D eigenvalue weighted by atomic mass is 16.5. The molecule has 0 aliphatic heterocycles. The molecule has 1 rings (SSSR count). The first kappa shape index (κ1) is 20.1. The minimum atomic E-state index is -0.972. The van der Waals surface area contributed by atoms with Gasteiger partial charge in [-0.3, -0.25) is 9.59 Å². The molecule has 2 N–H and O–H groups in total. The van der Waals surface area contributed by atoms with E-state index in [1.807, 2.05) is 24.3 Å². The number of amides is 1. The fourth-order valence-electron chi connectivity index (χ4n) is 2.19. The van der Waals surface area contributed by atoms with E-state index in [9.17, 15) is 9.59 Å². The van der Waals surface area contributed by atoms with Crippen LogP contribution in [-0.4, -0.2) is 43.9 Å². The van der Waals surface area contributed by atoms with Crippen molar-refractivity contribution in [1.29, 1.82) is 0 Å². The summed E-state index contributed by atoms with van der Waals surface area (Å²) in [5, 5.41) is 11.8. The van der Waals surface area contributed by atoms with Crippen LogP contribution in [0.3, 0.4) is 0 Å². The molecule has 1 aromatic carbocycles. The van der Waals surface area contributed by atoms with Crippen molar-refractivity contribution in [3.63, 3.8) is 0 Å². The summed E-state index contributed by atoms with van der Waals surface area (Å²) in [4.78, 5) is 23.0. The van der Waals surface area contributed by atoms with Gasteiger partial charge in [-0.25, -0.2) is 0 Å². The summed E-state index contributed by atoms with van der Waals surface area (Å²) >= 11 is 0. The molecule has 0 aromatic heterocycles. The Bertz CT molecular complexity index is 533. The average molecular weight is 337 g/mol. The number of carboxylic acids is 1. The van der Waals surface area contributed by atoms with E-state index < -0.39 is 12.0 Å². The molecule has 0 fully saturated rings. The van der Waals surface area contributed by atoms with Crippen molar-refractivity contribution in [2.24, 2.45) is 0 Å². The first-order valence-electron chi connectivity index (χ1n) is 7.92. The maximum atomic E-state index is 11.9. The van der Waals surface area contributed by atoms with E-state index in [-0.39, 0.29) is 24.3 Å². The summed E-state index contributed by atoms with van der Waals surface area (Å²) in [6, 6.07) is 7.06. The van der Waals surface area contributed by atoms with E-state index in [4.69, 9.17) is 14.6 Å². The molecule has 0 aliphatic rings. The second kappa shape index (κ2) is 9.39. The Morgan fingerprint density at radius 1 is 1.17 bits per heavy atom. The highest BCUT2D eigenvalue weighted by Gasteiger charge is 2.19. The number of carbonyl (C=O) groups is 2. The molecular formula is C18H27NO5. The monoisotopic (exact) mass is 337 g/mol. The summed E-state index contributed by atoms with van der Waals surface area (Å²) in [6.45, 7) is 6.91. The third-order valence-corrected chi connectivity index (χ3v) is 3.56. The minimum Gasteiger partial charge on any atom is -0.481 e. The van der Waals surface area contributed by atoms with Gasteiger partial charge in [0.25, 0.3) is 0 Å². The number of hydrogen-bond donors (Lipinski definition) is 2. The van der Waals surface area contributed by atoms with Crippen molar-refractivity contribution in [3.05, 3.63) is 35.4 Å². The topological polar surface area (TPSA) is 84.9 Å². The van der Waals surface area contributed by atoms with E-state index in [0.717, 1.165) is 11.1 Å². The van der Waals surface area contributed by atoms with Crippen LogP contribution in [0, 0.1) is 0 Å². The normalized spacial score (nSPS) is 12.7. The number of hydrogen-bond acceptors (Lipinski definition) is 4. The van der Waals surface area contributed by atoms with Crippen molar-refractivity contribution in [1.82, 2.24) is 5.32 Å². The molecule has 1 unspecified atom stereocenters. The zero-order chi connectivity index (χ0) is 18.2. The molecule has 0 aliphatic carbocycles. The first-order valence-corrected chi connectivity index (χ1v) is 7.92. The summed E-state index contributed by atoms with van der Waals surface area (Å²) in [6.07, 6.45) is -0.182. The van der Waals surface area contributed by atoms with Gasteiger partial charge in [-0.05, 0) is 16.5 Å². The number of methoxy groups -OCH3 is 1. The smallest absolute Gasteiger partial charge is 0.305 e. The lowest BCUT2D eigenvalue weighted by molar-refractivity contribution is -0.138. The summed E-state index contributed by atoms with van der Waals surface area (Å²) in [7, 11) is 1.55. The molecule has 0 saturated carbocycles. The van der Waals surface area contributed by atoms with Gasteiger partial charge in [0.2, 0.25) is 5.91 Å². The van der Waals surface area contributed by atoms with E-state index >= 15 is 0 Å². The number of carbonyl (C=O) groups excluding carboxylic acids is 1. The van der Waals surface area contributed by atoms with Crippen LogP contribution >= 0.6 is 0 Å². The fourth-order valence-corrected chi connectivity index (χ4v) is 2.19. The third kappa shape index (κ3) is 7.10. The molecule has 0 heterocycles. The molecule has 1 atom stereocenters. The van der Waals surface area contributed by atoms with Crippen LogP contribution in [-0.2, 0) is 24.5 Å². The van der Waals surface area contributed by atoms with Gasteiger partial charge in [-0.1, -0.05) is 45.0 Å². The average Bonchev–Trinajstić information content (AvgIpc) is 2.50. The lowest BCUT2D eigenvalue weighted by Gasteiger charge is -2.22. The Morgan fingerprint density at radius 2 is 1.79 bits per heavy atom. The van der Waals surface area contributed by atoms with E-state index in [2.05, 4.69) is 26.1 Å². The highest BCUT2D eigenvalue weighted by Crippen LogP contribution is 2.25. The number of rotatable bonds is 9. The predicted molar refractivity (Wildman–Crippen MR) is 91.0 cm³/mol. The Kier molecular flexibility index (Phi) is 7.88. The lowest BCUT2D eigenvalue weighted by atomic mass is 9.86. The van der Waals surface area contributed by atoms with Crippen LogP contribution in [0.2, 0.25) is 0 Å². The van der Waals surface area contributed by atoms with Gasteiger partial charge in [-0.15, -0.1) is 0 Å². The van der Waals surface area contributed by atoms with Crippen LogP contribution < -0.4 is 5.32 Å². The van der Waals surface area contributed by atoms with Crippen LogP contribution in [0.5, 0.6) is 0 Å². The summed E-state index contributed by atoms with van der Waals surface area (Å²) in [5.41, 5.74) is 1.92. The van der Waals surface area contributed by atoms with Crippen LogP contribution in [0.4, 0.5) is 0 Å². The van der Waals surface area contributed by atoms with Gasteiger partial charge in [0.05, 0.1) is 25.7 Å². The van der Waals surface area contributed by atoms with Crippen LogP contribution in [0.25, 0.3) is 0 Å². The molecule has 1 amide bonds. The van der Waals surface area contributed by atoms with Crippen molar-refractivity contribution in [2.75, 3.05) is 26.9 Å². The number of ether oxygens (including phenoxy) is 2. The maximum Gasteiger partial charge on any atom is 0.305 e. The molecule has 24 heavy (non-hydrogen) atoms. The third-order valence-electron chi connectivity index (χ3n) is 3.56. The molecule has 0 bridgehead atoms. The van der Waals surface area contributed by atoms with Gasteiger partial charge in [0, 0.05) is 7.11 Å². The largest absolute Gasteiger partial charge is 0.481 e. The van der Waals surface area contributed by atoms with Gasteiger partial charge >= 0.3 is 5.97 Å². The zero-order valence-corrected chi connectivity index (χ0v) is 14.8. The summed E-state index contributed by atoms with van der Waals surface area (Å²) < 4.78 is 9.99. The zero-order valence-electron chi connectivity index (χ0n) is 14.8. The molecule has 134 valence electrons. The number of nitrogens with one attached hydrogen (secondary N) is 1. The fraction of sp³-hybridized carbons (Fsp3) is 0.556. The number of benzene rings is 1. The second-order valence-electron chi connectivity index (χ2n) is 6.64. The van der Waals surface area contributed by atoms with E-state index in [1.54, 1.807) is 7.11 Å².